The maximum Gasteiger partial charge on any atom is 0.490 e. The molecule has 1 spiro atoms. The molecule has 0 radical (unpaired) electrons. The van der Waals surface area contributed by atoms with Gasteiger partial charge in [-0.05, 0) is 44.1 Å². The number of aliphatic hydroxyl groups is 1. The highest BCUT2D eigenvalue weighted by atomic mass is 19.4. The lowest BCUT2D eigenvalue weighted by atomic mass is 9.50. The number of ether oxygens (including phenoxy) is 3. The smallest absolute Gasteiger partial charge is 0.490 e. The van der Waals surface area contributed by atoms with Crippen LogP contribution in [0.3, 0.4) is 0 Å². The Morgan fingerprint density at radius 1 is 1.07 bits per heavy atom. The molecular weight excluding hydrogens is 619 g/mol. The highest BCUT2D eigenvalue weighted by Gasteiger charge is 2.72. The van der Waals surface area contributed by atoms with E-state index in [0.717, 1.165) is 11.1 Å². The molecule has 246 valence electrons. The Labute approximate surface area is 259 Å². The quantitative estimate of drug-likeness (QED) is 0.323. The number of phenols is 1. The lowest BCUT2D eigenvalue weighted by Crippen LogP contribution is -2.74. The lowest BCUT2D eigenvalue weighted by Gasteiger charge is -2.61. The second kappa shape index (κ2) is 11.9. The predicted octanol–water partition coefficient (Wildman–Crippen LogP) is 3.00. The van der Waals surface area contributed by atoms with Crippen molar-refractivity contribution in [2.24, 2.45) is 0 Å². The van der Waals surface area contributed by atoms with Crippen molar-refractivity contribution >= 4 is 23.9 Å². The molecular formula is C31H30F3NO11. The number of rotatable bonds is 7. The van der Waals surface area contributed by atoms with E-state index in [1.54, 1.807) is 30.3 Å². The summed E-state index contributed by atoms with van der Waals surface area (Å²) in [5.74, 6) is -5.12. The first kappa shape index (κ1) is 32.8. The number of esters is 2. The number of piperidine rings is 1. The number of hydrogen-bond donors (Lipinski definition) is 4. The number of alkyl halides is 3. The number of carboxylic acid groups (broad SMARTS) is 2. The molecule has 0 aromatic heterocycles. The Bertz CT molecular complexity index is 1590. The molecule has 2 aromatic rings. The molecule has 6 rings (SSSR count). The van der Waals surface area contributed by atoms with Crippen LogP contribution in [0, 0.1) is 0 Å². The van der Waals surface area contributed by atoms with Gasteiger partial charge in [0.1, 0.15) is 5.76 Å². The largest absolute Gasteiger partial charge is 0.504 e. The summed E-state index contributed by atoms with van der Waals surface area (Å²) in [6, 6.07) is 11.4. The van der Waals surface area contributed by atoms with Gasteiger partial charge in [-0.1, -0.05) is 36.4 Å². The molecule has 4 N–H and O–H groups in total. The van der Waals surface area contributed by atoms with Gasteiger partial charge in [0.15, 0.2) is 17.6 Å². The summed E-state index contributed by atoms with van der Waals surface area (Å²) in [5.41, 5.74) is 0.0159. The normalized spacial score (nSPS) is 26.2. The summed E-state index contributed by atoms with van der Waals surface area (Å²) < 4.78 is 48.8. The summed E-state index contributed by atoms with van der Waals surface area (Å²) in [6.45, 7) is 0.695. The second-order valence-electron chi connectivity index (χ2n) is 11.5. The van der Waals surface area contributed by atoms with E-state index in [0.29, 0.717) is 30.7 Å². The van der Waals surface area contributed by atoms with E-state index in [1.165, 1.54) is 12.1 Å². The number of likely N-dealkylation sites (N-methyl/N-ethyl adjacent to an activating group) is 1. The fourth-order valence-electron chi connectivity index (χ4n) is 6.90. The minimum Gasteiger partial charge on any atom is -0.504 e. The van der Waals surface area contributed by atoms with Crippen molar-refractivity contribution in [1.29, 1.82) is 0 Å². The number of carbonyl (C=O) groups excluding carboxylic acids is 2. The highest BCUT2D eigenvalue weighted by molar-refractivity contribution is 5.82. The van der Waals surface area contributed by atoms with Crippen molar-refractivity contribution in [1.82, 2.24) is 4.90 Å². The molecule has 2 aliphatic heterocycles. The molecule has 2 heterocycles. The van der Waals surface area contributed by atoms with E-state index in [4.69, 9.17) is 24.1 Å². The third kappa shape index (κ3) is 5.53. The van der Waals surface area contributed by atoms with Crippen molar-refractivity contribution in [3.05, 3.63) is 71.0 Å². The first-order valence-corrected chi connectivity index (χ1v) is 14.2. The number of benzene rings is 2. The van der Waals surface area contributed by atoms with Gasteiger partial charge >= 0.3 is 30.1 Å². The van der Waals surface area contributed by atoms with Crippen LogP contribution in [0.5, 0.6) is 11.5 Å². The summed E-state index contributed by atoms with van der Waals surface area (Å²) in [4.78, 5) is 47.9. The van der Waals surface area contributed by atoms with E-state index < -0.39 is 53.3 Å². The average molecular weight is 650 g/mol. The first-order valence-electron chi connectivity index (χ1n) is 14.2. The molecule has 2 bridgehead atoms. The average Bonchev–Trinajstić information content (AvgIpc) is 3.36. The predicted molar refractivity (Wildman–Crippen MR) is 149 cm³/mol. The van der Waals surface area contributed by atoms with Gasteiger partial charge in [0.25, 0.3) is 0 Å². The Morgan fingerprint density at radius 2 is 1.72 bits per heavy atom. The minimum atomic E-state index is -5.08. The molecule has 2 aliphatic carbocycles. The highest BCUT2D eigenvalue weighted by Crippen LogP contribution is 2.65. The third-order valence-corrected chi connectivity index (χ3v) is 8.94. The van der Waals surface area contributed by atoms with E-state index in [-0.39, 0.29) is 36.8 Å². The Kier molecular flexibility index (Phi) is 8.51. The maximum absolute atomic E-state index is 12.8. The molecule has 12 nitrogen and oxygen atoms in total. The van der Waals surface area contributed by atoms with Gasteiger partial charge in [-0.15, -0.1) is 0 Å². The van der Waals surface area contributed by atoms with Crippen molar-refractivity contribution in [2.75, 3.05) is 13.6 Å². The van der Waals surface area contributed by atoms with Gasteiger partial charge in [0.2, 0.25) is 6.10 Å². The first-order chi connectivity index (χ1) is 21.6. The fraction of sp³-hybridized carbons (Fsp3) is 0.419. The van der Waals surface area contributed by atoms with Gasteiger partial charge in [-0.25, -0.2) is 9.59 Å². The standard InChI is InChI=1S/C29H29NO9.C2HF3O2/c1-30-14-13-28-23-17-7-8-18(31)25(23)39-26(28)19(11-12-29(28,36)20(30)15-17)37-21(32)9-10-22(33)38-24(27(34)35)16-5-3-2-4-6-16;3-2(4,5)1(6)7/h2-8,11,20,24,26,31,36H,9-10,12-15H2,1H3,(H,34,35);(H,6,7)/t20-,24+,26+,28+,29-;/m1./s1. The molecule has 0 amide bonds. The lowest BCUT2D eigenvalue weighted by molar-refractivity contribution is -0.192. The Balaban J connectivity index is 0.000000537. The van der Waals surface area contributed by atoms with Crippen LogP contribution in [0.15, 0.2) is 54.3 Å². The van der Waals surface area contributed by atoms with Crippen LogP contribution in [0.4, 0.5) is 13.2 Å². The molecule has 1 saturated heterocycles. The van der Waals surface area contributed by atoms with Crippen LogP contribution in [0.2, 0.25) is 0 Å². The van der Waals surface area contributed by atoms with E-state index in [2.05, 4.69) is 4.90 Å². The zero-order chi connectivity index (χ0) is 33.6. The van der Waals surface area contributed by atoms with Crippen LogP contribution in [-0.4, -0.2) is 86.7 Å². The zero-order valence-electron chi connectivity index (χ0n) is 24.3. The molecule has 1 fully saturated rings. The molecule has 46 heavy (non-hydrogen) atoms. The third-order valence-electron chi connectivity index (χ3n) is 8.94. The molecule has 15 heteroatoms. The van der Waals surface area contributed by atoms with Crippen LogP contribution < -0.4 is 4.74 Å². The zero-order valence-corrected chi connectivity index (χ0v) is 24.3. The minimum absolute atomic E-state index is 0.0305. The number of phenolic OH excluding ortho intramolecular Hbond substituents is 1. The van der Waals surface area contributed by atoms with Crippen LogP contribution >= 0.6 is 0 Å². The summed E-state index contributed by atoms with van der Waals surface area (Å²) >= 11 is 0. The Hall–Kier alpha value is -4.63. The second-order valence-corrected chi connectivity index (χ2v) is 11.5. The number of hydrogen-bond acceptors (Lipinski definition) is 10. The van der Waals surface area contributed by atoms with Crippen molar-refractivity contribution in [2.45, 2.75) is 67.5 Å². The number of nitrogens with zero attached hydrogens (tertiary/aromatic N) is 1. The number of likely N-dealkylation sites (tertiary alicyclic amines) is 1. The van der Waals surface area contributed by atoms with Gasteiger partial charge < -0.3 is 39.5 Å². The van der Waals surface area contributed by atoms with Crippen molar-refractivity contribution in [3.63, 3.8) is 0 Å². The summed E-state index contributed by atoms with van der Waals surface area (Å²) in [5, 5.41) is 39.3. The van der Waals surface area contributed by atoms with E-state index >= 15 is 0 Å². The SMILES string of the molecule is CN1CC[C@]23c4c5ccc(O)c4O[C@H]2C(OC(=O)CCC(=O)O[C@H](C(=O)O)c2ccccc2)=CC[C@@]3(O)[C@H]1C5.O=C(O)C(F)(F)F. The number of aliphatic carboxylic acids is 2. The molecule has 5 atom stereocenters. The van der Waals surface area contributed by atoms with Crippen LogP contribution in [-0.2, 0) is 40.5 Å². The molecule has 0 saturated carbocycles. The number of aromatic hydroxyl groups is 1. The number of halogens is 3. The Morgan fingerprint density at radius 3 is 2.35 bits per heavy atom. The summed E-state index contributed by atoms with van der Waals surface area (Å²) in [6.07, 6.45) is -5.05. The molecule has 4 aliphatic rings. The fourth-order valence-corrected chi connectivity index (χ4v) is 6.90. The van der Waals surface area contributed by atoms with Crippen molar-refractivity contribution < 1.29 is 67.0 Å². The maximum atomic E-state index is 12.8. The van der Waals surface area contributed by atoms with Crippen molar-refractivity contribution in [3.8, 4) is 11.5 Å². The van der Waals surface area contributed by atoms with Gasteiger partial charge in [-0.2, -0.15) is 13.2 Å². The van der Waals surface area contributed by atoms with E-state index in [1.807, 2.05) is 13.1 Å². The van der Waals surface area contributed by atoms with Crippen LogP contribution in [0.25, 0.3) is 0 Å². The van der Waals surface area contributed by atoms with E-state index in [9.17, 15) is 42.9 Å². The topological polar surface area (TPSA) is 180 Å². The van der Waals surface area contributed by atoms with Gasteiger partial charge in [0.05, 0.1) is 23.9 Å². The molecule has 0 unspecified atom stereocenters. The molecule has 2 aromatic carbocycles. The summed E-state index contributed by atoms with van der Waals surface area (Å²) in [7, 11) is 1.98. The number of carbonyl (C=O) groups is 4. The monoisotopic (exact) mass is 649 g/mol. The number of carboxylic acids is 2. The van der Waals surface area contributed by atoms with Crippen LogP contribution in [0.1, 0.15) is 48.5 Å². The van der Waals surface area contributed by atoms with Gasteiger partial charge in [0, 0.05) is 23.6 Å². The van der Waals surface area contributed by atoms with Gasteiger partial charge in [-0.3, -0.25) is 9.59 Å².